The summed E-state index contributed by atoms with van der Waals surface area (Å²) in [6.45, 7) is 6.30. The van der Waals surface area contributed by atoms with Crippen LogP contribution in [-0.2, 0) is 28.6 Å². The van der Waals surface area contributed by atoms with Gasteiger partial charge in [-0.15, -0.1) is 0 Å². The number of carbonyl (C=O) groups is 3. The molecule has 6 heteroatoms. The lowest BCUT2D eigenvalue weighted by Crippen LogP contribution is -2.30. The Kier molecular flexibility index (Phi) is 59.9. The van der Waals surface area contributed by atoms with Crippen LogP contribution in [0.1, 0.15) is 265 Å². The summed E-state index contributed by atoms with van der Waals surface area (Å²) >= 11 is 0. The Morgan fingerprint density at radius 3 is 0.818 bits per heavy atom. The number of esters is 3. The molecule has 77 heavy (non-hydrogen) atoms. The maximum Gasteiger partial charge on any atom is 0.306 e. The molecular weight excluding hydrogens is 949 g/mol. The van der Waals surface area contributed by atoms with Crippen LogP contribution in [0.4, 0.5) is 0 Å². The predicted molar refractivity (Wildman–Crippen MR) is 334 cm³/mol. The zero-order chi connectivity index (χ0) is 55.7. The number of allylic oxidation sites excluding steroid dienone is 24. The van der Waals surface area contributed by atoms with Gasteiger partial charge in [-0.25, -0.2) is 0 Å². The summed E-state index contributed by atoms with van der Waals surface area (Å²) in [5, 5.41) is 0. The lowest BCUT2D eigenvalue weighted by molar-refractivity contribution is -0.167. The van der Waals surface area contributed by atoms with Gasteiger partial charge in [-0.1, -0.05) is 256 Å². The average molecular weight is 1060 g/mol. The van der Waals surface area contributed by atoms with Crippen molar-refractivity contribution in [2.24, 2.45) is 0 Å². The number of hydrogen-bond donors (Lipinski definition) is 0. The van der Waals surface area contributed by atoms with Crippen LogP contribution in [0.15, 0.2) is 146 Å². The Bertz CT molecular complexity index is 1700. The Labute approximate surface area is 474 Å². The molecule has 0 radical (unpaired) electrons. The third-order valence-corrected chi connectivity index (χ3v) is 12.8. The largest absolute Gasteiger partial charge is 0.462 e. The molecule has 0 saturated heterocycles. The van der Waals surface area contributed by atoms with Gasteiger partial charge in [0.2, 0.25) is 0 Å². The molecule has 6 nitrogen and oxygen atoms in total. The first-order valence-electron chi connectivity index (χ1n) is 31.3. The number of hydrogen-bond acceptors (Lipinski definition) is 6. The molecule has 1 atom stereocenters. The van der Waals surface area contributed by atoms with Crippen LogP contribution in [0.25, 0.3) is 0 Å². The van der Waals surface area contributed by atoms with E-state index in [0.29, 0.717) is 19.3 Å². The summed E-state index contributed by atoms with van der Waals surface area (Å²) < 4.78 is 16.9. The zero-order valence-corrected chi connectivity index (χ0v) is 49.7. The molecule has 0 spiro atoms. The van der Waals surface area contributed by atoms with Crippen LogP contribution in [0.5, 0.6) is 0 Å². The van der Waals surface area contributed by atoms with E-state index in [4.69, 9.17) is 14.2 Å². The molecule has 0 aromatic heterocycles. The molecule has 0 saturated carbocycles. The molecule has 0 aliphatic rings. The third kappa shape index (κ3) is 62.0. The molecule has 1 unspecified atom stereocenters. The molecule has 0 rings (SSSR count). The lowest BCUT2D eigenvalue weighted by Gasteiger charge is -2.18. The number of unbranched alkanes of at least 4 members (excludes halogenated alkanes) is 20. The molecular formula is C71H114O6. The van der Waals surface area contributed by atoms with Gasteiger partial charge in [-0.05, 0) is 135 Å². The highest BCUT2D eigenvalue weighted by Crippen LogP contribution is 2.15. The van der Waals surface area contributed by atoms with Gasteiger partial charge >= 0.3 is 17.9 Å². The normalized spacial score (nSPS) is 13.1. The smallest absolute Gasteiger partial charge is 0.306 e. The minimum atomic E-state index is -0.815. The highest BCUT2D eigenvalue weighted by molar-refractivity contribution is 5.71. The van der Waals surface area contributed by atoms with Crippen molar-refractivity contribution in [2.45, 2.75) is 271 Å². The Morgan fingerprint density at radius 1 is 0.273 bits per heavy atom. The van der Waals surface area contributed by atoms with Gasteiger partial charge in [0.25, 0.3) is 0 Å². The standard InChI is InChI=1S/C71H114O6/c1-4-7-10-13-16-19-22-25-27-29-31-33-34-35-36-38-39-41-43-46-49-52-55-58-61-64-70(73)76-67-68(66-75-69(72)63-60-57-54-51-48-45-24-21-18-15-12-9-6-3)77-71(74)65-62-59-56-53-50-47-44-42-40-37-32-30-28-26-23-20-17-14-11-8-5-2/h7-8,10-12,15-17,19-21,24-28,31-33,37,42,44,50,53,68H,4-6,9,13-14,18,22-23,29-30,34-36,38-41,43,45-49,51-52,54-67H2,1-3H3/b10-7-,11-8-,15-12-,19-16-,20-17-,24-21-,27-25-,28-26-,33-31-,37-32-,44-42-,53-50-. The van der Waals surface area contributed by atoms with E-state index in [1.165, 1.54) is 70.6 Å². The van der Waals surface area contributed by atoms with E-state index in [1.807, 2.05) is 0 Å². The predicted octanol–water partition coefficient (Wildman–Crippen LogP) is 21.5. The quantitative estimate of drug-likeness (QED) is 0.0261. The van der Waals surface area contributed by atoms with E-state index in [2.05, 4.69) is 167 Å². The lowest BCUT2D eigenvalue weighted by atomic mass is 10.0. The summed E-state index contributed by atoms with van der Waals surface area (Å²) in [7, 11) is 0. The Balaban J connectivity index is 4.42. The molecule has 0 amide bonds. The fourth-order valence-corrected chi connectivity index (χ4v) is 8.18. The first kappa shape index (κ1) is 72.3. The summed E-state index contributed by atoms with van der Waals surface area (Å²) in [6, 6.07) is 0. The molecule has 0 heterocycles. The van der Waals surface area contributed by atoms with Gasteiger partial charge in [0.15, 0.2) is 6.10 Å². The third-order valence-electron chi connectivity index (χ3n) is 12.8. The van der Waals surface area contributed by atoms with Gasteiger partial charge in [-0.3, -0.25) is 14.4 Å². The van der Waals surface area contributed by atoms with Gasteiger partial charge in [0.05, 0.1) is 0 Å². The first-order chi connectivity index (χ1) is 38.0. The topological polar surface area (TPSA) is 78.9 Å². The van der Waals surface area contributed by atoms with E-state index in [-0.39, 0.29) is 37.5 Å². The van der Waals surface area contributed by atoms with E-state index in [1.54, 1.807) is 0 Å². The molecule has 0 aliphatic carbocycles. The van der Waals surface area contributed by atoms with E-state index in [9.17, 15) is 14.4 Å². The summed E-state index contributed by atoms with van der Waals surface area (Å²) in [4.78, 5) is 38.3. The van der Waals surface area contributed by atoms with Gasteiger partial charge in [0.1, 0.15) is 13.2 Å². The second-order valence-corrected chi connectivity index (χ2v) is 20.2. The van der Waals surface area contributed by atoms with Gasteiger partial charge in [-0.2, -0.15) is 0 Å². The molecule has 0 fully saturated rings. The van der Waals surface area contributed by atoms with Crippen LogP contribution in [0.2, 0.25) is 0 Å². The molecule has 0 aliphatic heterocycles. The summed E-state index contributed by atoms with van der Waals surface area (Å²) in [6.07, 6.45) is 91.4. The van der Waals surface area contributed by atoms with Crippen molar-refractivity contribution in [1.82, 2.24) is 0 Å². The summed E-state index contributed by atoms with van der Waals surface area (Å²) in [5.41, 5.74) is 0. The van der Waals surface area contributed by atoms with Crippen molar-refractivity contribution in [1.29, 1.82) is 0 Å². The van der Waals surface area contributed by atoms with Crippen molar-refractivity contribution < 1.29 is 28.6 Å². The van der Waals surface area contributed by atoms with E-state index < -0.39 is 6.10 Å². The molecule has 0 bridgehead atoms. The van der Waals surface area contributed by atoms with Crippen LogP contribution in [0.3, 0.4) is 0 Å². The van der Waals surface area contributed by atoms with Crippen LogP contribution < -0.4 is 0 Å². The highest BCUT2D eigenvalue weighted by Gasteiger charge is 2.19. The van der Waals surface area contributed by atoms with Crippen LogP contribution in [-0.4, -0.2) is 37.2 Å². The van der Waals surface area contributed by atoms with Crippen molar-refractivity contribution in [3.63, 3.8) is 0 Å². The SMILES string of the molecule is CC/C=C\C/C=C\C/C=C\C/C=C\C/C=C\C/C=C\CCCCC(=O)OC(COC(=O)CCCCCCC/C=C\C/C=C\CCC)COC(=O)CCCCCCCCCCCCCC/C=C\C/C=C\C/C=C\C/C=C\CC. The van der Waals surface area contributed by atoms with Crippen molar-refractivity contribution in [3.05, 3.63) is 146 Å². The fourth-order valence-electron chi connectivity index (χ4n) is 8.18. The Hall–Kier alpha value is -4.71. The van der Waals surface area contributed by atoms with Gasteiger partial charge in [0, 0.05) is 19.3 Å². The number of rotatable bonds is 55. The van der Waals surface area contributed by atoms with Crippen molar-refractivity contribution in [3.8, 4) is 0 Å². The number of carbonyl (C=O) groups excluding carboxylic acids is 3. The van der Waals surface area contributed by atoms with E-state index >= 15 is 0 Å². The maximum atomic E-state index is 12.9. The second kappa shape index (κ2) is 63.8. The minimum absolute atomic E-state index is 0.106. The fraction of sp³-hybridized carbons (Fsp3) is 0.620. The zero-order valence-electron chi connectivity index (χ0n) is 49.7. The molecule has 0 aromatic rings. The average Bonchev–Trinajstić information content (AvgIpc) is 3.43. The Morgan fingerprint density at radius 2 is 0.506 bits per heavy atom. The van der Waals surface area contributed by atoms with Crippen LogP contribution >= 0.6 is 0 Å². The van der Waals surface area contributed by atoms with E-state index in [0.717, 1.165) is 148 Å². The minimum Gasteiger partial charge on any atom is -0.462 e. The second-order valence-electron chi connectivity index (χ2n) is 20.2. The first-order valence-corrected chi connectivity index (χ1v) is 31.3. The molecule has 0 aromatic carbocycles. The highest BCUT2D eigenvalue weighted by atomic mass is 16.6. The monoisotopic (exact) mass is 1060 g/mol. The summed E-state index contributed by atoms with van der Waals surface area (Å²) in [5.74, 6) is -0.968. The van der Waals surface area contributed by atoms with Crippen LogP contribution in [0, 0.1) is 0 Å². The maximum absolute atomic E-state index is 12.9. The molecule has 434 valence electrons. The number of ether oxygens (including phenoxy) is 3. The molecule has 0 N–H and O–H groups in total. The van der Waals surface area contributed by atoms with Gasteiger partial charge < -0.3 is 14.2 Å². The van der Waals surface area contributed by atoms with Crippen molar-refractivity contribution >= 4 is 17.9 Å². The van der Waals surface area contributed by atoms with Crippen molar-refractivity contribution in [2.75, 3.05) is 13.2 Å².